The molecule has 1 N–H and O–H groups in total. The van der Waals surface area contributed by atoms with E-state index in [0.29, 0.717) is 24.2 Å². The van der Waals surface area contributed by atoms with Crippen LogP contribution >= 0.6 is 0 Å². The predicted molar refractivity (Wildman–Crippen MR) is 237 cm³/mol. The summed E-state index contributed by atoms with van der Waals surface area (Å²) in [7, 11) is 6.73. The second-order valence-electron chi connectivity index (χ2n) is 17.2. The highest BCUT2D eigenvalue weighted by Gasteiger charge is 2.37. The number of aryl methyl sites for hydroxylation is 2. The summed E-state index contributed by atoms with van der Waals surface area (Å²) in [5, 5.41) is 3.48. The topological polar surface area (TPSA) is 88.6 Å². The van der Waals surface area contributed by atoms with Gasteiger partial charge in [-0.3, -0.25) is 28.6 Å². The van der Waals surface area contributed by atoms with Crippen molar-refractivity contribution in [2.24, 2.45) is 0 Å². The Labute approximate surface area is 349 Å². The van der Waals surface area contributed by atoms with Gasteiger partial charge in [0.05, 0.1) is 35.6 Å². The molecule has 6 aromatic rings. The fourth-order valence-electron chi connectivity index (χ4n) is 10.2. The maximum atomic E-state index is 5.18. The molecule has 59 heavy (non-hydrogen) atoms. The molecule has 0 spiro atoms. The van der Waals surface area contributed by atoms with Gasteiger partial charge in [-0.15, -0.1) is 0 Å². The Morgan fingerprint density at radius 1 is 0.508 bits per heavy atom. The van der Waals surface area contributed by atoms with Crippen molar-refractivity contribution in [1.29, 1.82) is 0 Å². The molecule has 4 fully saturated rings. The van der Waals surface area contributed by atoms with Crippen molar-refractivity contribution in [3.8, 4) is 0 Å². The van der Waals surface area contributed by atoms with Gasteiger partial charge in [0.2, 0.25) is 0 Å². The molecule has 6 aromatic heterocycles. The zero-order valence-corrected chi connectivity index (χ0v) is 35.7. The zero-order chi connectivity index (χ0) is 40.5. The van der Waals surface area contributed by atoms with Crippen LogP contribution in [0.15, 0.2) is 85.5 Å². The molecule has 12 heteroatoms. The molecule has 4 saturated heterocycles. The summed E-state index contributed by atoms with van der Waals surface area (Å²) >= 11 is 0. The van der Waals surface area contributed by atoms with Crippen molar-refractivity contribution in [2.45, 2.75) is 76.5 Å². The summed E-state index contributed by atoms with van der Waals surface area (Å²) in [5.74, 6) is 2.56. The van der Waals surface area contributed by atoms with E-state index in [1.54, 1.807) is 0 Å². The number of aromatic nitrogens is 6. The minimum Gasteiger partial charge on any atom is -0.354 e. The van der Waals surface area contributed by atoms with E-state index in [9.17, 15) is 0 Å². The van der Waals surface area contributed by atoms with Crippen LogP contribution in [-0.2, 0) is 0 Å². The van der Waals surface area contributed by atoms with E-state index in [-0.39, 0.29) is 0 Å². The van der Waals surface area contributed by atoms with Crippen LogP contribution in [0.1, 0.15) is 96.6 Å². The highest BCUT2D eigenvalue weighted by atomic mass is 15.3. The van der Waals surface area contributed by atoms with Gasteiger partial charge in [0.1, 0.15) is 34.3 Å². The van der Waals surface area contributed by atoms with Crippen molar-refractivity contribution in [2.75, 3.05) is 83.3 Å². The van der Waals surface area contributed by atoms with Crippen LogP contribution in [0.3, 0.4) is 0 Å². The first-order valence-electron chi connectivity index (χ1n) is 22.0. The van der Waals surface area contributed by atoms with Crippen LogP contribution in [0.5, 0.6) is 0 Å². The van der Waals surface area contributed by atoms with Gasteiger partial charge in [0.15, 0.2) is 0 Å². The monoisotopic (exact) mass is 795 g/mol. The molecule has 12 nitrogen and oxygen atoms in total. The fourth-order valence-corrected chi connectivity index (χ4v) is 10.2. The van der Waals surface area contributed by atoms with Gasteiger partial charge in [-0.05, 0) is 121 Å². The van der Waals surface area contributed by atoms with Gasteiger partial charge >= 0.3 is 0 Å². The molecule has 4 atom stereocenters. The molecule has 0 radical (unpaired) electrons. The van der Waals surface area contributed by atoms with Crippen molar-refractivity contribution < 1.29 is 0 Å². The normalized spacial score (nSPS) is 23.7. The number of anilines is 2. The maximum absolute atomic E-state index is 5.18. The molecule has 310 valence electrons. The summed E-state index contributed by atoms with van der Waals surface area (Å²) in [6.07, 6.45) is 15.2. The Hall–Kier alpha value is -4.88. The van der Waals surface area contributed by atoms with Gasteiger partial charge < -0.3 is 20.0 Å². The third-order valence-electron chi connectivity index (χ3n) is 13.5. The van der Waals surface area contributed by atoms with Gasteiger partial charge in [0.25, 0.3) is 0 Å². The van der Waals surface area contributed by atoms with Crippen LogP contribution in [-0.4, -0.2) is 117 Å². The van der Waals surface area contributed by atoms with E-state index < -0.39 is 0 Å². The molecule has 4 aliphatic heterocycles. The van der Waals surface area contributed by atoms with E-state index in [2.05, 4.69) is 135 Å². The van der Waals surface area contributed by atoms with Crippen molar-refractivity contribution >= 4 is 22.9 Å². The Kier molecular flexibility index (Phi) is 11.7. The predicted octanol–water partition coefficient (Wildman–Crippen LogP) is 7.03. The van der Waals surface area contributed by atoms with Crippen LogP contribution in [0.25, 0.3) is 11.3 Å². The smallest absolute Gasteiger partial charge is 0.138 e. The van der Waals surface area contributed by atoms with E-state index in [0.717, 1.165) is 89.3 Å². The van der Waals surface area contributed by atoms with Gasteiger partial charge in [0, 0.05) is 77.1 Å². The Morgan fingerprint density at radius 3 is 1.41 bits per heavy atom. The number of piperidine rings is 2. The number of imidazole rings is 2. The van der Waals surface area contributed by atoms with Gasteiger partial charge in [-0.2, -0.15) is 0 Å². The standard InChI is InChI=1S/C24H32N6.C23H30N6/c1-18-8-7-12-25-22(18)19-9-6-10-20(28(19)3)23-24(29-16-14-27(2)15-17-29)30-13-5-4-11-21(30)26-23;1-17-7-6-11-25-21(17)18-8-5-9-19(27(18)2)22-23(28-15-12-24-13-16-28)29-14-4-3-10-20(29)26-22/h4-5,7-8,11-13,19-20H,6,9-10,14-17H2,1-3H3;3-4,6-7,10-11,14,18-19,24H,5,8-9,12-13,15-16H2,1-2H3. The SMILES string of the molecule is Cc1cccnc1C1CCCC(c2nc3ccccn3c2N2CCN(C)CC2)N1C.Cc1cccnc1C1CCCC(c2nc3ccccn3c2N2CCNCC2)N1C. The molecular formula is C47H62N12. The number of nitrogens with zero attached hydrogens (tertiary/aromatic N) is 11. The van der Waals surface area contributed by atoms with E-state index in [1.807, 2.05) is 24.5 Å². The second-order valence-corrected chi connectivity index (χ2v) is 17.2. The second kappa shape index (κ2) is 17.4. The van der Waals surface area contributed by atoms with Crippen LogP contribution in [0.4, 0.5) is 11.6 Å². The molecule has 4 aliphatic rings. The summed E-state index contributed by atoms with van der Waals surface area (Å²) < 4.78 is 4.58. The van der Waals surface area contributed by atoms with Crippen molar-refractivity contribution in [1.82, 2.24) is 48.8 Å². The third-order valence-corrected chi connectivity index (χ3v) is 13.5. The average molecular weight is 795 g/mol. The third kappa shape index (κ3) is 7.83. The highest BCUT2D eigenvalue weighted by Crippen LogP contribution is 2.45. The Morgan fingerprint density at radius 2 is 0.949 bits per heavy atom. The molecule has 0 aromatic carbocycles. The lowest BCUT2D eigenvalue weighted by molar-refractivity contribution is 0.109. The van der Waals surface area contributed by atoms with Crippen molar-refractivity contribution in [3.63, 3.8) is 0 Å². The molecule has 0 bridgehead atoms. The highest BCUT2D eigenvalue weighted by molar-refractivity contribution is 5.59. The van der Waals surface area contributed by atoms with Crippen LogP contribution in [0.2, 0.25) is 0 Å². The average Bonchev–Trinajstić information content (AvgIpc) is 3.85. The number of hydrogen-bond donors (Lipinski definition) is 1. The number of piperazine rings is 2. The van der Waals surface area contributed by atoms with Crippen LogP contribution < -0.4 is 15.1 Å². The number of hydrogen-bond acceptors (Lipinski definition) is 10. The van der Waals surface area contributed by atoms with E-state index in [1.165, 1.54) is 58.4 Å². The Balaban J connectivity index is 0.000000152. The van der Waals surface area contributed by atoms with E-state index >= 15 is 0 Å². The van der Waals surface area contributed by atoms with E-state index in [4.69, 9.17) is 19.9 Å². The number of likely N-dealkylation sites (tertiary alicyclic amines) is 2. The molecule has 0 saturated carbocycles. The van der Waals surface area contributed by atoms with Crippen molar-refractivity contribution in [3.05, 3.63) is 119 Å². The van der Waals surface area contributed by atoms with Gasteiger partial charge in [-0.25, -0.2) is 9.97 Å². The summed E-state index contributed by atoms with van der Waals surface area (Å²) in [6, 6.07) is 22.4. The number of fused-ring (bicyclic) bond motifs is 2. The largest absolute Gasteiger partial charge is 0.354 e. The Bertz CT molecular complexity index is 2340. The van der Waals surface area contributed by atoms with Gasteiger partial charge in [-0.1, -0.05) is 24.3 Å². The van der Waals surface area contributed by atoms with Crippen LogP contribution in [0, 0.1) is 13.8 Å². The molecule has 10 heterocycles. The molecular weight excluding hydrogens is 733 g/mol. The summed E-state index contributed by atoms with van der Waals surface area (Å²) in [6.45, 7) is 12.7. The molecule has 0 aliphatic carbocycles. The first-order valence-corrected chi connectivity index (χ1v) is 22.0. The lowest BCUT2D eigenvalue weighted by Crippen LogP contribution is -2.45. The minimum atomic E-state index is 0.305. The summed E-state index contributed by atoms with van der Waals surface area (Å²) in [5.41, 5.74) is 9.53. The lowest BCUT2D eigenvalue weighted by atomic mass is 9.90. The lowest BCUT2D eigenvalue weighted by Gasteiger charge is -2.41. The number of likely N-dealkylation sites (N-methyl/N-ethyl adjacent to an activating group) is 1. The summed E-state index contributed by atoms with van der Waals surface area (Å²) in [4.78, 5) is 32.3. The number of rotatable bonds is 6. The first-order chi connectivity index (χ1) is 28.9. The number of pyridine rings is 4. The minimum absolute atomic E-state index is 0.305. The fraction of sp³-hybridized carbons (Fsp3) is 0.489. The molecule has 0 amide bonds. The molecule has 10 rings (SSSR count). The quantitative estimate of drug-likeness (QED) is 0.190. The molecule has 4 unspecified atom stereocenters. The first kappa shape index (κ1) is 39.6. The number of nitrogens with one attached hydrogen (secondary N) is 1. The zero-order valence-electron chi connectivity index (χ0n) is 35.7. The maximum Gasteiger partial charge on any atom is 0.138 e.